The van der Waals surface area contributed by atoms with Crippen molar-refractivity contribution in [2.45, 2.75) is 26.8 Å². The van der Waals surface area contributed by atoms with Crippen LogP contribution in [0.4, 0.5) is 5.69 Å². The molecule has 2 aromatic heterocycles. The van der Waals surface area contributed by atoms with Crippen LogP contribution in [0.1, 0.15) is 32.9 Å². The van der Waals surface area contributed by atoms with Gasteiger partial charge in [-0.15, -0.1) is 0 Å². The van der Waals surface area contributed by atoms with E-state index in [-0.39, 0.29) is 11.6 Å². The van der Waals surface area contributed by atoms with Crippen LogP contribution in [0, 0.1) is 24.0 Å². The number of amides is 1. The first-order valence-corrected chi connectivity index (χ1v) is 8.90. The van der Waals surface area contributed by atoms with E-state index in [2.05, 4.69) is 15.4 Å². The third-order valence-electron chi connectivity index (χ3n) is 4.50. The fourth-order valence-corrected chi connectivity index (χ4v) is 3.01. The van der Waals surface area contributed by atoms with Gasteiger partial charge in [-0.3, -0.25) is 24.6 Å². The zero-order chi connectivity index (χ0) is 20.1. The second kappa shape index (κ2) is 8.43. The monoisotopic (exact) mass is 379 g/mol. The highest BCUT2D eigenvalue weighted by Gasteiger charge is 2.21. The number of hydrogen-bond donors (Lipinski definition) is 1. The first kappa shape index (κ1) is 19.2. The minimum atomic E-state index is -0.410. The largest absolute Gasteiger partial charge is 0.352 e. The summed E-state index contributed by atoms with van der Waals surface area (Å²) < 4.78 is 1.61. The van der Waals surface area contributed by atoms with Gasteiger partial charge < -0.3 is 5.32 Å². The Kier molecular flexibility index (Phi) is 5.78. The first-order chi connectivity index (χ1) is 13.5. The van der Waals surface area contributed by atoms with Crippen LogP contribution in [0.3, 0.4) is 0 Å². The van der Waals surface area contributed by atoms with Gasteiger partial charge in [-0.1, -0.05) is 18.2 Å². The van der Waals surface area contributed by atoms with Gasteiger partial charge in [0.15, 0.2) is 0 Å². The number of nitrogens with zero attached hydrogens (tertiary/aromatic N) is 4. The minimum absolute atomic E-state index is 0.0459. The molecule has 28 heavy (non-hydrogen) atoms. The Labute approximate surface area is 162 Å². The van der Waals surface area contributed by atoms with E-state index < -0.39 is 4.92 Å². The number of rotatable bonds is 7. The third-order valence-corrected chi connectivity index (χ3v) is 4.50. The number of carbonyl (C=O) groups is 1. The summed E-state index contributed by atoms with van der Waals surface area (Å²) in [5, 5.41) is 18.2. The summed E-state index contributed by atoms with van der Waals surface area (Å²) in [4.78, 5) is 27.0. The van der Waals surface area contributed by atoms with Crippen LogP contribution in [-0.2, 0) is 13.0 Å². The molecule has 0 fully saturated rings. The number of aromatic nitrogens is 3. The molecule has 2 heterocycles. The molecular weight excluding hydrogens is 358 g/mol. The summed E-state index contributed by atoms with van der Waals surface area (Å²) >= 11 is 0. The van der Waals surface area contributed by atoms with Crippen molar-refractivity contribution in [2.24, 2.45) is 0 Å². The zero-order valence-electron chi connectivity index (χ0n) is 15.8. The summed E-state index contributed by atoms with van der Waals surface area (Å²) in [5.74, 6) is -0.141. The predicted octanol–water partition coefficient (Wildman–Crippen LogP) is 2.82. The molecule has 0 aliphatic heterocycles. The number of aryl methyl sites for hydroxylation is 1. The topological polar surface area (TPSA) is 103 Å². The lowest BCUT2D eigenvalue weighted by Gasteiger charge is -2.07. The van der Waals surface area contributed by atoms with E-state index in [1.54, 1.807) is 43.1 Å². The Hall–Kier alpha value is -3.55. The van der Waals surface area contributed by atoms with Gasteiger partial charge in [-0.2, -0.15) is 5.10 Å². The van der Waals surface area contributed by atoms with E-state index in [4.69, 9.17) is 0 Å². The van der Waals surface area contributed by atoms with Gasteiger partial charge in [0.25, 0.3) is 5.91 Å². The molecule has 3 rings (SSSR count). The molecule has 0 aliphatic carbocycles. The Morgan fingerprint density at radius 1 is 1.18 bits per heavy atom. The quantitative estimate of drug-likeness (QED) is 0.502. The molecule has 0 atom stereocenters. The molecule has 0 spiro atoms. The molecule has 3 aromatic rings. The number of carbonyl (C=O) groups excluding carboxylic acids is 1. The van der Waals surface area contributed by atoms with Crippen molar-refractivity contribution >= 4 is 11.6 Å². The summed E-state index contributed by atoms with van der Waals surface area (Å²) in [6, 6.07) is 11.0. The van der Waals surface area contributed by atoms with Gasteiger partial charge in [0, 0.05) is 24.5 Å². The smallest absolute Gasteiger partial charge is 0.312 e. The van der Waals surface area contributed by atoms with Crippen LogP contribution < -0.4 is 5.32 Å². The SMILES string of the molecule is Cc1nn(Cc2ccc(C(=O)NCCc3cccnc3)cc2)c(C)c1[N+](=O)[O-]. The highest BCUT2D eigenvalue weighted by molar-refractivity contribution is 5.94. The normalized spacial score (nSPS) is 10.6. The van der Waals surface area contributed by atoms with E-state index in [0.717, 1.165) is 11.1 Å². The molecule has 0 bridgehead atoms. The van der Waals surface area contributed by atoms with E-state index in [1.165, 1.54) is 0 Å². The molecular formula is C20H21N5O3. The number of nitrogens with one attached hydrogen (secondary N) is 1. The summed E-state index contributed by atoms with van der Waals surface area (Å²) in [7, 11) is 0. The van der Waals surface area contributed by atoms with Crippen molar-refractivity contribution < 1.29 is 9.72 Å². The first-order valence-electron chi connectivity index (χ1n) is 8.90. The Morgan fingerprint density at radius 2 is 1.93 bits per heavy atom. The molecule has 0 saturated carbocycles. The summed E-state index contributed by atoms with van der Waals surface area (Å²) in [6.45, 7) is 4.24. The fourth-order valence-electron chi connectivity index (χ4n) is 3.01. The molecule has 8 heteroatoms. The predicted molar refractivity (Wildman–Crippen MR) is 104 cm³/mol. The van der Waals surface area contributed by atoms with Gasteiger partial charge >= 0.3 is 5.69 Å². The van der Waals surface area contributed by atoms with E-state index in [1.807, 2.05) is 24.3 Å². The zero-order valence-corrected chi connectivity index (χ0v) is 15.8. The highest BCUT2D eigenvalue weighted by atomic mass is 16.6. The van der Waals surface area contributed by atoms with E-state index in [0.29, 0.717) is 36.5 Å². The van der Waals surface area contributed by atoms with Crippen LogP contribution in [0.15, 0.2) is 48.8 Å². The minimum Gasteiger partial charge on any atom is -0.352 e. The molecule has 8 nitrogen and oxygen atoms in total. The Morgan fingerprint density at radius 3 is 2.54 bits per heavy atom. The maximum absolute atomic E-state index is 12.3. The number of pyridine rings is 1. The number of hydrogen-bond acceptors (Lipinski definition) is 5. The van der Waals surface area contributed by atoms with Crippen LogP contribution in [-0.4, -0.2) is 32.1 Å². The molecule has 0 aliphatic rings. The lowest BCUT2D eigenvalue weighted by atomic mass is 10.1. The van der Waals surface area contributed by atoms with E-state index in [9.17, 15) is 14.9 Å². The third kappa shape index (κ3) is 4.40. The van der Waals surface area contributed by atoms with Crippen LogP contribution >= 0.6 is 0 Å². The van der Waals surface area contributed by atoms with Crippen LogP contribution in [0.5, 0.6) is 0 Å². The van der Waals surface area contributed by atoms with Gasteiger partial charge in [0.05, 0.1) is 11.5 Å². The van der Waals surface area contributed by atoms with E-state index >= 15 is 0 Å². The van der Waals surface area contributed by atoms with Gasteiger partial charge in [0.1, 0.15) is 11.4 Å². The molecule has 1 amide bonds. The number of benzene rings is 1. The fraction of sp³-hybridized carbons (Fsp3) is 0.250. The maximum atomic E-state index is 12.3. The lowest BCUT2D eigenvalue weighted by molar-refractivity contribution is -0.386. The number of nitro groups is 1. The second-order valence-corrected chi connectivity index (χ2v) is 6.50. The molecule has 0 saturated heterocycles. The molecule has 0 radical (unpaired) electrons. The Bertz CT molecular complexity index is 981. The Balaban J connectivity index is 1.59. The molecule has 0 unspecified atom stereocenters. The van der Waals surface area contributed by atoms with Gasteiger partial charge in [-0.25, -0.2) is 0 Å². The van der Waals surface area contributed by atoms with Crippen molar-refractivity contribution in [1.29, 1.82) is 0 Å². The average Bonchev–Trinajstić information content (AvgIpc) is 2.96. The maximum Gasteiger partial charge on any atom is 0.312 e. The van der Waals surface area contributed by atoms with Gasteiger partial charge in [-0.05, 0) is 49.6 Å². The van der Waals surface area contributed by atoms with Crippen molar-refractivity contribution in [2.75, 3.05) is 6.54 Å². The van der Waals surface area contributed by atoms with Crippen LogP contribution in [0.25, 0.3) is 0 Å². The second-order valence-electron chi connectivity index (χ2n) is 6.50. The van der Waals surface area contributed by atoms with Crippen molar-refractivity contribution in [1.82, 2.24) is 20.1 Å². The van der Waals surface area contributed by atoms with Crippen LogP contribution in [0.2, 0.25) is 0 Å². The molecule has 1 N–H and O–H groups in total. The van der Waals surface area contributed by atoms with Crippen molar-refractivity contribution in [3.05, 3.63) is 87.0 Å². The molecule has 144 valence electrons. The standard InChI is InChI=1S/C20H21N5O3/c1-14-19(25(27)28)15(2)24(23-14)13-17-5-7-18(8-6-17)20(26)22-11-9-16-4-3-10-21-12-16/h3-8,10,12H,9,11,13H2,1-2H3,(H,22,26). The van der Waals surface area contributed by atoms with Gasteiger partial charge in [0.2, 0.25) is 0 Å². The average molecular weight is 379 g/mol. The van der Waals surface area contributed by atoms with Crippen molar-refractivity contribution in [3.63, 3.8) is 0 Å². The summed E-state index contributed by atoms with van der Waals surface area (Å²) in [6.07, 6.45) is 4.21. The van der Waals surface area contributed by atoms with Crippen molar-refractivity contribution in [3.8, 4) is 0 Å². The highest BCUT2D eigenvalue weighted by Crippen LogP contribution is 2.22. The molecule has 1 aromatic carbocycles. The summed E-state index contributed by atoms with van der Waals surface area (Å²) in [5.41, 5.74) is 3.50. The lowest BCUT2D eigenvalue weighted by Crippen LogP contribution is -2.25.